The molecule has 0 atom stereocenters. The fourth-order valence-corrected chi connectivity index (χ4v) is 3.19. The summed E-state index contributed by atoms with van der Waals surface area (Å²) < 4.78 is 6.15. The SMILES string of the molecule is N#C/C(=C\c1ccco1)C(=O)Nc1ncc(Cc2ccc(Br)cc2)s1. The summed E-state index contributed by atoms with van der Waals surface area (Å²) in [6.07, 6.45) is 5.33. The molecular formula is C18H12BrN3O2S. The lowest BCUT2D eigenvalue weighted by atomic mass is 10.1. The molecule has 0 radical (unpaired) electrons. The largest absolute Gasteiger partial charge is 0.465 e. The average molecular weight is 414 g/mol. The molecule has 1 N–H and O–H groups in total. The lowest BCUT2D eigenvalue weighted by Gasteiger charge is -2.00. The molecule has 0 bridgehead atoms. The maximum absolute atomic E-state index is 12.2. The molecule has 0 unspecified atom stereocenters. The van der Waals surface area contributed by atoms with E-state index < -0.39 is 5.91 Å². The molecule has 7 heteroatoms. The highest BCUT2D eigenvalue weighted by atomic mass is 79.9. The summed E-state index contributed by atoms with van der Waals surface area (Å²) in [5.41, 5.74) is 1.11. The van der Waals surface area contributed by atoms with Crippen LogP contribution in [0.15, 0.2) is 63.3 Å². The van der Waals surface area contributed by atoms with Gasteiger partial charge in [0.05, 0.1) is 6.26 Å². The number of aromatic nitrogens is 1. The van der Waals surface area contributed by atoms with Gasteiger partial charge >= 0.3 is 0 Å². The summed E-state index contributed by atoms with van der Waals surface area (Å²) in [5.74, 6) is -0.0646. The Kier molecular flexibility index (Phi) is 5.43. The molecule has 0 fully saturated rings. The molecule has 124 valence electrons. The fourth-order valence-electron chi connectivity index (χ4n) is 2.08. The highest BCUT2D eigenvalue weighted by molar-refractivity contribution is 9.10. The number of thiazole rings is 1. The number of anilines is 1. The Morgan fingerprint density at radius 3 is 2.84 bits per heavy atom. The van der Waals surface area contributed by atoms with Gasteiger partial charge in [-0.2, -0.15) is 5.26 Å². The quantitative estimate of drug-likeness (QED) is 0.488. The van der Waals surface area contributed by atoms with Gasteiger partial charge in [0.1, 0.15) is 17.4 Å². The van der Waals surface area contributed by atoms with E-state index in [0.29, 0.717) is 10.9 Å². The number of hydrogen-bond donors (Lipinski definition) is 1. The zero-order valence-corrected chi connectivity index (χ0v) is 15.3. The number of amides is 1. The van der Waals surface area contributed by atoms with Gasteiger partial charge in [0.25, 0.3) is 5.91 Å². The molecule has 3 rings (SSSR count). The third-order valence-corrected chi connectivity index (χ3v) is 4.70. The Balaban J connectivity index is 1.67. The van der Waals surface area contributed by atoms with Gasteiger partial charge in [0.2, 0.25) is 0 Å². The third kappa shape index (κ3) is 4.66. The van der Waals surface area contributed by atoms with Crippen molar-refractivity contribution in [2.75, 3.05) is 5.32 Å². The number of nitriles is 1. The molecule has 2 aromatic heterocycles. The van der Waals surface area contributed by atoms with Crippen LogP contribution in [0.5, 0.6) is 0 Å². The highest BCUT2D eigenvalue weighted by Gasteiger charge is 2.12. The molecule has 0 aliphatic carbocycles. The fraction of sp³-hybridized carbons (Fsp3) is 0.0556. The molecule has 3 aromatic rings. The summed E-state index contributed by atoms with van der Waals surface area (Å²) in [6, 6.07) is 13.3. The maximum atomic E-state index is 12.2. The van der Waals surface area contributed by atoms with E-state index in [1.54, 1.807) is 18.3 Å². The lowest BCUT2D eigenvalue weighted by Crippen LogP contribution is -2.13. The Labute approximate surface area is 156 Å². The van der Waals surface area contributed by atoms with Crippen molar-refractivity contribution in [1.29, 1.82) is 5.26 Å². The van der Waals surface area contributed by atoms with Crippen molar-refractivity contribution >= 4 is 44.4 Å². The van der Waals surface area contributed by atoms with Crippen LogP contribution in [-0.2, 0) is 11.2 Å². The second-order valence-electron chi connectivity index (χ2n) is 5.07. The van der Waals surface area contributed by atoms with Crippen LogP contribution in [0.1, 0.15) is 16.2 Å². The van der Waals surface area contributed by atoms with Gasteiger partial charge in [-0.3, -0.25) is 10.1 Å². The summed E-state index contributed by atoms with van der Waals surface area (Å²) in [4.78, 5) is 17.4. The minimum Gasteiger partial charge on any atom is -0.465 e. The van der Waals surface area contributed by atoms with E-state index in [0.717, 1.165) is 21.3 Å². The number of halogens is 1. The van der Waals surface area contributed by atoms with E-state index in [9.17, 15) is 4.79 Å². The Hall–Kier alpha value is -2.69. The number of hydrogen-bond acceptors (Lipinski definition) is 5. The van der Waals surface area contributed by atoms with Gasteiger partial charge in [0, 0.05) is 28.0 Å². The lowest BCUT2D eigenvalue weighted by molar-refractivity contribution is -0.112. The van der Waals surface area contributed by atoms with Gasteiger partial charge < -0.3 is 4.42 Å². The molecule has 0 saturated carbocycles. The van der Waals surface area contributed by atoms with E-state index >= 15 is 0 Å². The molecule has 0 saturated heterocycles. The molecule has 25 heavy (non-hydrogen) atoms. The second-order valence-corrected chi connectivity index (χ2v) is 7.11. The predicted molar refractivity (Wildman–Crippen MR) is 100.0 cm³/mol. The zero-order chi connectivity index (χ0) is 17.6. The monoisotopic (exact) mass is 413 g/mol. The number of nitrogens with zero attached hydrogens (tertiary/aromatic N) is 2. The van der Waals surface area contributed by atoms with Crippen molar-refractivity contribution in [1.82, 2.24) is 4.98 Å². The van der Waals surface area contributed by atoms with E-state index in [2.05, 4.69) is 26.2 Å². The van der Waals surface area contributed by atoms with E-state index in [1.807, 2.05) is 30.3 Å². The summed E-state index contributed by atoms with van der Waals surface area (Å²) in [7, 11) is 0. The first-order valence-corrected chi connectivity index (χ1v) is 8.91. The first-order chi connectivity index (χ1) is 12.1. The highest BCUT2D eigenvalue weighted by Crippen LogP contribution is 2.22. The van der Waals surface area contributed by atoms with Crippen LogP contribution in [0.4, 0.5) is 5.13 Å². The van der Waals surface area contributed by atoms with E-state index in [4.69, 9.17) is 9.68 Å². The van der Waals surface area contributed by atoms with Gasteiger partial charge in [-0.25, -0.2) is 4.98 Å². The van der Waals surface area contributed by atoms with Crippen molar-refractivity contribution in [2.45, 2.75) is 6.42 Å². The van der Waals surface area contributed by atoms with Crippen molar-refractivity contribution < 1.29 is 9.21 Å². The number of carbonyl (C=O) groups is 1. The summed E-state index contributed by atoms with van der Waals surface area (Å²) in [5, 5.41) is 12.3. The Morgan fingerprint density at radius 2 is 2.16 bits per heavy atom. The molecule has 0 aliphatic heterocycles. The molecule has 2 heterocycles. The van der Waals surface area contributed by atoms with E-state index in [1.165, 1.54) is 23.7 Å². The predicted octanol–water partition coefficient (Wildman–Crippen LogP) is 4.64. The average Bonchev–Trinajstić information content (AvgIpc) is 3.26. The number of benzene rings is 1. The number of nitrogens with one attached hydrogen (secondary N) is 1. The first-order valence-electron chi connectivity index (χ1n) is 7.30. The second kappa shape index (κ2) is 7.92. The van der Waals surface area contributed by atoms with Crippen LogP contribution in [0, 0.1) is 11.3 Å². The minimum absolute atomic E-state index is 0.0420. The third-order valence-electron chi connectivity index (χ3n) is 3.26. The van der Waals surface area contributed by atoms with Crippen molar-refractivity contribution in [2.24, 2.45) is 0 Å². The molecule has 1 amide bonds. The van der Waals surface area contributed by atoms with Crippen molar-refractivity contribution in [3.8, 4) is 6.07 Å². The van der Waals surface area contributed by atoms with Gasteiger partial charge in [0.15, 0.2) is 5.13 Å². The number of furan rings is 1. The molecular weight excluding hydrogens is 402 g/mol. The van der Waals surface area contributed by atoms with Crippen LogP contribution in [0.2, 0.25) is 0 Å². The summed E-state index contributed by atoms with van der Waals surface area (Å²) >= 11 is 4.79. The Morgan fingerprint density at radius 1 is 1.36 bits per heavy atom. The minimum atomic E-state index is -0.511. The standard InChI is InChI=1S/C18H12BrN3O2S/c19-14-5-3-12(4-6-14)8-16-11-21-18(25-16)22-17(23)13(10-20)9-15-2-1-7-24-15/h1-7,9,11H,8H2,(H,21,22,23)/b13-9+. The van der Waals surface area contributed by atoms with E-state index in [-0.39, 0.29) is 5.57 Å². The number of carbonyl (C=O) groups excluding carboxylic acids is 1. The molecule has 0 aliphatic rings. The maximum Gasteiger partial charge on any atom is 0.268 e. The van der Waals surface area contributed by atoms with Crippen molar-refractivity contribution in [3.63, 3.8) is 0 Å². The van der Waals surface area contributed by atoms with Crippen LogP contribution in [0.25, 0.3) is 6.08 Å². The van der Waals surface area contributed by atoms with Gasteiger partial charge in [-0.15, -0.1) is 11.3 Å². The Bertz CT molecular complexity index is 938. The van der Waals surface area contributed by atoms with Crippen molar-refractivity contribution in [3.05, 3.63) is 75.1 Å². The molecule has 5 nitrogen and oxygen atoms in total. The zero-order valence-electron chi connectivity index (χ0n) is 12.9. The normalized spacial score (nSPS) is 11.1. The van der Waals surface area contributed by atoms with Crippen LogP contribution in [-0.4, -0.2) is 10.9 Å². The van der Waals surface area contributed by atoms with Crippen LogP contribution < -0.4 is 5.32 Å². The smallest absolute Gasteiger partial charge is 0.268 e. The first kappa shape index (κ1) is 17.1. The number of rotatable bonds is 5. The van der Waals surface area contributed by atoms with Crippen LogP contribution >= 0.6 is 27.3 Å². The molecule has 1 aromatic carbocycles. The topological polar surface area (TPSA) is 78.9 Å². The van der Waals surface area contributed by atoms with Gasteiger partial charge in [-0.05, 0) is 29.8 Å². The molecule has 0 spiro atoms. The summed E-state index contributed by atoms with van der Waals surface area (Å²) in [6.45, 7) is 0. The van der Waals surface area contributed by atoms with Crippen LogP contribution in [0.3, 0.4) is 0 Å². The van der Waals surface area contributed by atoms with Gasteiger partial charge in [-0.1, -0.05) is 28.1 Å².